The van der Waals surface area contributed by atoms with E-state index < -0.39 is 40.3 Å². The molecule has 8 nitrogen and oxygen atoms in total. The minimum Gasteiger partial charge on any atom is -0.493 e. The Morgan fingerprint density at radius 1 is 1.11 bits per heavy atom. The number of rotatable bonds is 7. The highest BCUT2D eigenvalue weighted by molar-refractivity contribution is 6.14. The summed E-state index contributed by atoms with van der Waals surface area (Å²) in [6.07, 6.45) is -2.79. The molecule has 11 heteroatoms. The Bertz CT molecular complexity index is 1310. The molecule has 0 radical (unpaired) electrons. The number of ketones is 1. The third kappa shape index (κ3) is 4.61. The van der Waals surface area contributed by atoms with Gasteiger partial charge in [-0.05, 0) is 48.1 Å². The molecule has 2 amide bonds. The van der Waals surface area contributed by atoms with Crippen LogP contribution in [0.25, 0.3) is 0 Å². The van der Waals surface area contributed by atoms with Crippen LogP contribution >= 0.6 is 0 Å². The van der Waals surface area contributed by atoms with Gasteiger partial charge >= 0.3 is 6.18 Å². The van der Waals surface area contributed by atoms with Gasteiger partial charge in [-0.25, -0.2) is 0 Å². The van der Waals surface area contributed by atoms with Crippen LogP contribution in [-0.4, -0.2) is 60.0 Å². The van der Waals surface area contributed by atoms with Crippen molar-refractivity contribution in [2.45, 2.75) is 44.8 Å². The smallest absolute Gasteiger partial charge is 0.425 e. The third-order valence-electron chi connectivity index (χ3n) is 6.84. The number of alkyl halides is 3. The topological polar surface area (TPSA) is 97.8 Å². The lowest BCUT2D eigenvalue weighted by Crippen LogP contribution is -2.66. The maximum atomic E-state index is 14.9. The highest BCUT2D eigenvalue weighted by Crippen LogP contribution is 2.51. The van der Waals surface area contributed by atoms with Crippen LogP contribution in [0.1, 0.15) is 42.6 Å². The summed E-state index contributed by atoms with van der Waals surface area (Å²) in [6, 6.07) is 7.72. The van der Waals surface area contributed by atoms with Gasteiger partial charge in [-0.2, -0.15) is 13.2 Å². The third-order valence-corrected chi connectivity index (χ3v) is 6.84. The summed E-state index contributed by atoms with van der Waals surface area (Å²) >= 11 is 0. The molecule has 2 heterocycles. The minimum atomic E-state index is -5.28. The van der Waals surface area contributed by atoms with Crippen LogP contribution in [0.5, 0.6) is 11.5 Å². The fourth-order valence-corrected chi connectivity index (χ4v) is 5.08. The van der Waals surface area contributed by atoms with Crippen molar-refractivity contribution < 1.29 is 37.0 Å². The highest BCUT2D eigenvalue weighted by Gasteiger charge is 2.71. The van der Waals surface area contributed by atoms with Gasteiger partial charge < -0.3 is 19.7 Å². The van der Waals surface area contributed by atoms with Crippen LogP contribution in [0.3, 0.4) is 0 Å². The summed E-state index contributed by atoms with van der Waals surface area (Å²) in [5, 5.41) is 1.91. The molecule has 38 heavy (non-hydrogen) atoms. The molecule has 1 atom stereocenters. The molecule has 0 fully saturated rings. The molecular weight excluding hydrogens is 503 g/mol. The standard InChI is InChI=1S/C27H28F3N3O5/c1-25(2)13-18-22(19(34)14-25)26(27(28,29)30,32-23(35)17-6-5-10-31-15-17)24(36)33(18)11-9-16-7-8-20(37-3)21(12-16)38-4/h5-8,10,12,15H,9,11,13-14H2,1-4H3,(H,32,35)/t26-/m1/s1. The molecule has 0 saturated carbocycles. The molecule has 0 unspecified atom stereocenters. The summed E-state index contributed by atoms with van der Waals surface area (Å²) in [5.41, 5.74) is -4.38. The number of hydrogen-bond donors (Lipinski definition) is 1. The number of methoxy groups -OCH3 is 2. The monoisotopic (exact) mass is 531 g/mol. The van der Waals surface area contributed by atoms with Crippen molar-refractivity contribution in [2.24, 2.45) is 5.41 Å². The summed E-state index contributed by atoms with van der Waals surface area (Å²) in [4.78, 5) is 44.7. The lowest BCUT2D eigenvalue weighted by molar-refractivity contribution is -0.190. The van der Waals surface area contributed by atoms with Gasteiger partial charge in [-0.3, -0.25) is 19.4 Å². The van der Waals surface area contributed by atoms with Gasteiger partial charge in [0, 0.05) is 31.1 Å². The number of halogens is 3. The first kappa shape index (κ1) is 27.2. The van der Waals surface area contributed by atoms with Gasteiger partial charge in [0.05, 0.1) is 25.4 Å². The molecule has 0 saturated heterocycles. The average molecular weight is 532 g/mol. The van der Waals surface area contributed by atoms with E-state index in [9.17, 15) is 27.6 Å². The van der Waals surface area contributed by atoms with Crippen LogP contribution in [0.4, 0.5) is 13.2 Å². The molecule has 1 N–H and O–H groups in total. The van der Waals surface area contributed by atoms with Crippen molar-refractivity contribution in [2.75, 3.05) is 20.8 Å². The van der Waals surface area contributed by atoms with Gasteiger partial charge in [-0.1, -0.05) is 19.9 Å². The van der Waals surface area contributed by atoms with E-state index in [1.807, 2.05) is 5.32 Å². The molecule has 1 aromatic carbocycles. The largest absolute Gasteiger partial charge is 0.493 e. The molecule has 4 rings (SSSR count). The number of carbonyl (C=O) groups is 3. The fraction of sp³-hybridized carbons (Fsp3) is 0.407. The van der Waals surface area contributed by atoms with E-state index in [4.69, 9.17) is 9.47 Å². The number of allylic oxidation sites excluding steroid dienone is 1. The second-order valence-corrected chi connectivity index (χ2v) is 10.1. The first-order chi connectivity index (χ1) is 17.8. The van der Waals surface area contributed by atoms with Crippen LogP contribution in [0.2, 0.25) is 0 Å². The minimum absolute atomic E-state index is 0.0134. The zero-order valence-corrected chi connectivity index (χ0v) is 21.4. The van der Waals surface area contributed by atoms with Gasteiger partial charge in [0.2, 0.25) is 5.54 Å². The van der Waals surface area contributed by atoms with Crippen molar-refractivity contribution >= 4 is 17.6 Å². The number of aromatic nitrogens is 1. The van der Waals surface area contributed by atoms with Gasteiger partial charge in [0.15, 0.2) is 17.3 Å². The lowest BCUT2D eigenvalue weighted by atomic mass is 9.72. The van der Waals surface area contributed by atoms with Crippen LogP contribution in [0.15, 0.2) is 54.0 Å². The molecule has 0 spiro atoms. The van der Waals surface area contributed by atoms with Gasteiger partial charge in [0.25, 0.3) is 11.8 Å². The Morgan fingerprint density at radius 2 is 1.82 bits per heavy atom. The number of amides is 2. The van der Waals surface area contributed by atoms with Gasteiger partial charge in [-0.15, -0.1) is 0 Å². The predicted molar refractivity (Wildman–Crippen MR) is 131 cm³/mol. The number of benzene rings is 1. The average Bonchev–Trinajstić information content (AvgIpc) is 3.09. The van der Waals surface area contributed by atoms with Crippen molar-refractivity contribution in [3.63, 3.8) is 0 Å². The number of nitrogens with zero attached hydrogens (tertiary/aromatic N) is 2. The number of ether oxygens (including phenoxy) is 2. The number of hydrogen-bond acceptors (Lipinski definition) is 6. The van der Waals surface area contributed by atoms with Crippen LogP contribution < -0.4 is 14.8 Å². The Morgan fingerprint density at radius 3 is 2.42 bits per heavy atom. The van der Waals surface area contributed by atoms with E-state index in [0.717, 1.165) is 11.1 Å². The molecular formula is C27H28F3N3O5. The normalized spacial score (nSPS) is 20.9. The second kappa shape index (κ2) is 9.77. The zero-order chi connectivity index (χ0) is 27.9. The summed E-state index contributed by atoms with van der Waals surface area (Å²) in [6.45, 7) is 3.37. The number of pyridine rings is 1. The predicted octanol–water partition coefficient (Wildman–Crippen LogP) is 3.86. The van der Waals surface area contributed by atoms with Gasteiger partial charge in [0.1, 0.15) is 0 Å². The van der Waals surface area contributed by atoms with Crippen LogP contribution in [0, 0.1) is 5.41 Å². The number of Topliss-reactive ketones (excluding diaryl/α,β-unsaturated/α-hetero) is 1. The molecule has 1 aliphatic heterocycles. The van der Waals surface area contributed by atoms with E-state index in [2.05, 4.69) is 4.98 Å². The summed E-state index contributed by atoms with van der Waals surface area (Å²) < 4.78 is 55.2. The van der Waals surface area contributed by atoms with Crippen molar-refractivity contribution in [1.29, 1.82) is 0 Å². The summed E-state index contributed by atoms with van der Waals surface area (Å²) in [7, 11) is 2.94. The zero-order valence-electron chi connectivity index (χ0n) is 21.4. The Balaban J connectivity index is 1.77. The first-order valence-corrected chi connectivity index (χ1v) is 11.9. The van der Waals surface area contributed by atoms with E-state index in [0.29, 0.717) is 17.1 Å². The maximum absolute atomic E-state index is 14.9. The summed E-state index contributed by atoms with van der Waals surface area (Å²) in [5.74, 6) is -2.47. The quantitative estimate of drug-likeness (QED) is 0.583. The van der Waals surface area contributed by atoms with Crippen molar-refractivity contribution in [3.8, 4) is 11.5 Å². The number of nitrogens with one attached hydrogen (secondary N) is 1. The van der Waals surface area contributed by atoms with E-state index in [1.165, 1.54) is 32.5 Å². The van der Waals surface area contributed by atoms with Crippen molar-refractivity contribution in [3.05, 3.63) is 65.1 Å². The van der Waals surface area contributed by atoms with E-state index in [-0.39, 0.29) is 37.1 Å². The SMILES string of the molecule is COc1ccc(CCN2C(=O)[C@@](NC(=O)c3cccnc3)(C(F)(F)F)C3=C2CC(C)(C)CC3=O)cc1OC. The number of carbonyl (C=O) groups excluding carboxylic acids is 3. The highest BCUT2D eigenvalue weighted by atomic mass is 19.4. The maximum Gasteiger partial charge on any atom is 0.425 e. The Hall–Kier alpha value is -3.89. The molecule has 1 aromatic heterocycles. The molecule has 2 aromatic rings. The molecule has 2 aliphatic rings. The molecule has 0 bridgehead atoms. The lowest BCUT2D eigenvalue weighted by Gasteiger charge is -2.35. The molecule has 1 aliphatic carbocycles. The molecule has 202 valence electrons. The van der Waals surface area contributed by atoms with E-state index in [1.54, 1.807) is 32.0 Å². The fourth-order valence-electron chi connectivity index (χ4n) is 5.08. The first-order valence-electron chi connectivity index (χ1n) is 11.9. The second-order valence-electron chi connectivity index (χ2n) is 10.1. The van der Waals surface area contributed by atoms with Crippen LogP contribution in [-0.2, 0) is 16.0 Å². The van der Waals surface area contributed by atoms with Crippen molar-refractivity contribution in [1.82, 2.24) is 15.2 Å². The Kier molecular flexibility index (Phi) is 6.98. The van der Waals surface area contributed by atoms with E-state index >= 15 is 0 Å². The Labute approximate surface area is 217 Å².